The number of aromatic nitrogens is 2. The SMILES string of the molecule is [B]c1cc(-n2cc(C3CC(C)(C)CC(C)(C)C3)nc2C2=C(CC)C=CSC2)ccc1F. The van der Waals surface area contributed by atoms with Gasteiger partial charge in [-0.1, -0.05) is 46.2 Å². The van der Waals surface area contributed by atoms with Gasteiger partial charge in [0.2, 0.25) is 0 Å². The molecule has 1 aliphatic heterocycles. The molecule has 0 saturated heterocycles. The summed E-state index contributed by atoms with van der Waals surface area (Å²) in [5.41, 5.74) is 5.32. The van der Waals surface area contributed by atoms with Crippen molar-refractivity contribution in [3.05, 3.63) is 58.8 Å². The van der Waals surface area contributed by atoms with E-state index in [0.717, 1.165) is 42.2 Å². The fourth-order valence-electron chi connectivity index (χ4n) is 5.74. The van der Waals surface area contributed by atoms with Gasteiger partial charge >= 0.3 is 0 Å². The van der Waals surface area contributed by atoms with Crippen LogP contribution in [0.1, 0.15) is 77.7 Å². The second-order valence-corrected chi connectivity index (χ2v) is 11.5. The summed E-state index contributed by atoms with van der Waals surface area (Å²) in [7, 11) is 5.92. The van der Waals surface area contributed by atoms with Gasteiger partial charge in [0.1, 0.15) is 19.5 Å². The maximum atomic E-state index is 13.9. The van der Waals surface area contributed by atoms with Crippen molar-refractivity contribution in [2.45, 2.75) is 66.2 Å². The Morgan fingerprint density at radius 3 is 2.55 bits per heavy atom. The Morgan fingerprint density at radius 2 is 1.90 bits per heavy atom. The highest BCUT2D eigenvalue weighted by Crippen LogP contribution is 2.51. The third-order valence-corrected chi connectivity index (χ3v) is 7.37. The van der Waals surface area contributed by atoms with Crippen LogP contribution in [0.3, 0.4) is 0 Å². The van der Waals surface area contributed by atoms with Crippen LogP contribution in [0.2, 0.25) is 0 Å². The van der Waals surface area contributed by atoms with E-state index < -0.39 is 0 Å². The maximum absolute atomic E-state index is 13.9. The molecule has 4 rings (SSSR count). The molecule has 1 aromatic heterocycles. The summed E-state index contributed by atoms with van der Waals surface area (Å²) in [6.07, 6.45) is 8.83. The van der Waals surface area contributed by atoms with Crippen molar-refractivity contribution in [1.82, 2.24) is 9.55 Å². The first-order valence-electron chi connectivity index (χ1n) is 11.2. The van der Waals surface area contributed by atoms with Crippen LogP contribution in [0.25, 0.3) is 11.3 Å². The van der Waals surface area contributed by atoms with Gasteiger partial charge in [0.05, 0.1) is 5.69 Å². The Kier molecular flexibility index (Phi) is 6.02. The number of thioether (sulfide) groups is 1. The highest BCUT2D eigenvalue weighted by Gasteiger charge is 2.40. The lowest BCUT2D eigenvalue weighted by molar-refractivity contribution is 0.0956. The standard InChI is InChI=1S/C26H32BFN2S/c1-6-17-9-10-31-15-20(17)24-29-23(18-12-25(2,3)16-26(4,5)13-18)14-30(24)19-7-8-22(28)21(27)11-19/h7-11,14,18H,6,12-13,15-16H2,1-5H3. The van der Waals surface area contributed by atoms with Crippen LogP contribution < -0.4 is 5.46 Å². The minimum Gasteiger partial charge on any atom is -0.300 e. The third-order valence-electron chi connectivity index (χ3n) is 6.59. The van der Waals surface area contributed by atoms with Gasteiger partial charge in [0.15, 0.2) is 0 Å². The molecular formula is C26H32BFN2S. The first-order chi connectivity index (χ1) is 14.6. The molecular weight excluding hydrogens is 402 g/mol. The molecule has 2 aromatic rings. The fraction of sp³-hybridized carbons (Fsp3) is 0.500. The van der Waals surface area contributed by atoms with E-state index in [9.17, 15) is 4.39 Å². The highest BCUT2D eigenvalue weighted by molar-refractivity contribution is 8.02. The fourth-order valence-corrected chi connectivity index (χ4v) is 6.57. The lowest BCUT2D eigenvalue weighted by Crippen LogP contribution is -2.33. The van der Waals surface area contributed by atoms with E-state index in [-0.39, 0.29) is 22.1 Å². The number of rotatable bonds is 4. The topological polar surface area (TPSA) is 17.8 Å². The molecule has 1 fully saturated rings. The van der Waals surface area contributed by atoms with Gasteiger partial charge in [-0.25, -0.2) is 9.37 Å². The van der Waals surface area contributed by atoms with Crippen LogP contribution in [-0.4, -0.2) is 23.2 Å². The Bertz CT molecular complexity index is 1030. The third kappa shape index (κ3) is 4.72. The predicted molar refractivity (Wildman–Crippen MR) is 132 cm³/mol. The van der Waals surface area contributed by atoms with E-state index in [1.165, 1.54) is 23.6 Å². The van der Waals surface area contributed by atoms with Crippen molar-refractivity contribution in [2.24, 2.45) is 10.8 Å². The molecule has 0 spiro atoms. The van der Waals surface area contributed by atoms with Crippen LogP contribution in [0.4, 0.5) is 4.39 Å². The van der Waals surface area contributed by atoms with E-state index in [0.29, 0.717) is 5.92 Å². The second-order valence-electron chi connectivity index (χ2n) is 10.6. The molecule has 1 aliphatic carbocycles. The molecule has 2 nitrogen and oxygen atoms in total. The summed E-state index contributed by atoms with van der Waals surface area (Å²) in [4.78, 5) is 5.24. The quantitative estimate of drug-likeness (QED) is 0.508. The first-order valence-corrected chi connectivity index (χ1v) is 12.3. The number of halogens is 1. The number of imidazole rings is 1. The van der Waals surface area contributed by atoms with Crippen LogP contribution in [0.15, 0.2) is 41.5 Å². The van der Waals surface area contributed by atoms with Crippen molar-refractivity contribution in [3.63, 3.8) is 0 Å². The zero-order valence-corrected chi connectivity index (χ0v) is 20.2. The Morgan fingerprint density at radius 1 is 1.19 bits per heavy atom. The Hall–Kier alpha value is -1.75. The predicted octanol–water partition coefficient (Wildman–Crippen LogP) is 6.55. The van der Waals surface area contributed by atoms with Crippen LogP contribution in [-0.2, 0) is 0 Å². The highest BCUT2D eigenvalue weighted by atomic mass is 32.2. The molecule has 0 unspecified atom stereocenters. The molecule has 5 heteroatoms. The van der Waals surface area contributed by atoms with Gasteiger partial charge in [0, 0.05) is 29.1 Å². The monoisotopic (exact) mass is 434 g/mol. The lowest BCUT2D eigenvalue weighted by Gasteiger charge is -2.44. The summed E-state index contributed by atoms with van der Waals surface area (Å²) in [5, 5.41) is 2.17. The van der Waals surface area contributed by atoms with E-state index in [2.05, 4.69) is 56.9 Å². The number of benzene rings is 1. The molecule has 31 heavy (non-hydrogen) atoms. The molecule has 0 bridgehead atoms. The molecule has 2 radical (unpaired) electrons. The normalized spacial score (nSPS) is 21.0. The van der Waals surface area contributed by atoms with Gasteiger partial charge in [-0.05, 0) is 65.7 Å². The van der Waals surface area contributed by atoms with Crippen molar-refractivity contribution >= 4 is 30.6 Å². The first kappa shape index (κ1) is 22.4. The van der Waals surface area contributed by atoms with Gasteiger partial charge in [-0.3, -0.25) is 4.57 Å². The van der Waals surface area contributed by atoms with E-state index in [4.69, 9.17) is 12.8 Å². The van der Waals surface area contributed by atoms with Gasteiger partial charge in [0.25, 0.3) is 0 Å². The average Bonchev–Trinajstić information content (AvgIpc) is 3.13. The van der Waals surface area contributed by atoms with Gasteiger partial charge in [-0.2, -0.15) is 0 Å². The summed E-state index contributed by atoms with van der Waals surface area (Å²) in [6.45, 7) is 11.7. The average molecular weight is 434 g/mol. The summed E-state index contributed by atoms with van der Waals surface area (Å²) in [5.74, 6) is 1.89. The minimum atomic E-state index is -0.383. The molecule has 0 amide bonds. The van der Waals surface area contributed by atoms with E-state index in [1.54, 1.807) is 23.9 Å². The molecule has 2 aliphatic rings. The van der Waals surface area contributed by atoms with Crippen molar-refractivity contribution < 1.29 is 4.39 Å². The number of nitrogens with zero attached hydrogens (tertiary/aromatic N) is 2. The summed E-state index contributed by atoms with van der Waals surface area (Å²) < 4.78 is 16.0. The molecule has 162 valence electrons. The summed E-state index contributed by atoms with van der Waals surface area (Å²) >= 11 is 1.79. The number of hydrogen-bond donors (Lipinski definition) is 0. The van der Waals surface area contributed by atoms with E-state index in [1.807, 2.05) is 0 Å². The summed E-state index contributed by atoms with van der Waals surface area (Å²) in [6, 6.07) is 4.97. The minimum absolute atomic E-state index is 0.168. The lowest BCUT2D eigenvalue weighted by atomic mass is 9.61. The molecule has 0 N–H and O–H groups in total. The Balaban J connectivity index is 1.85. The van der Waals surface area contributed by atoms with Crippen molar-refractivity contribution in [3.8, 4) is 5.69 Å². The van der Waals surface area contributed by atoms with Crippen LogP contribution >= 0.6 is 11.8 Å². The molecule has 2 heterocycles. The van der Waals surface area contributed by atoms with Crippen LogP contribution in [0.5, 0.6) is 0 Å². The molecule has 1 aromatic carbocycles. The van der Waals surface area contributed by atoms with Crippen molar-refractivity contribution in [2.75, 3.05) is 5.75 Å². The zero-order valence-electron chi connectivity index (χ0n) is 19.3. The number of allylic oxidation sites excluding steroid dienone is 2. The van der Waals surface area contributed by atoms with E-state index >= 15 is 0 Å². The molecule has 1 saturated carbocycles. The zero-order chi connectivity index (χ0) is 22.4. The maximum Gasteiger partial charge on any atom is 0.141 e. The smallest absolute Gasteiger partial charge is 0.141 e. The van der Waals surface area contributed by atoms with Crippen LogP contribution in [0, 0.1) is 16.6 Å². The van der Waals surface area contributed by atoms with Gasteiger partial charge < -0.3 is 0 Å². The molecule has 0 atom stereocenters. The second kappa shape index (κ2) is 8.31. The van der Waals surface area contributed by atoms with Gasteiger partial charge in [-0.15, -0.1) is 11.8 Å². The largest absolute Gasteiger partial charge is 0.300 e. The Labute approximate surface area is 191 Å². The number of hydrogen-bond acceptors (Lipinski definition) is 2. The van der Waals surface area contributed by atoms with Crippen molar-refractivity contribution in [1.29, 1.82) is 0 Å².